The number of carbonyl (C=O) groups excluding carboxylic acids is 1. The van der Waals surface area contributed by atoms with Crippen molar-refractivity contribution in [3.63, 3.8) is 0 Å². The van der Waals surface area contributed by atoms with Crippen LogP contribution in [0.15, 0.2) is 24.3 Å². The molecule has 0 saturated carbocycles. The van der Waals surface area contributed by atoms with Gasteiger partial charge < -0.3 is 5.32 Å². The number of amides is 1. The van der Waals surface area contributed by atoms with Gasteiger partial charge in [-0.3, -0.25) is 14.6 Å². The Morgan fingerprint density at radius 2 is 2.22 bits per heavy atom. The zero-order chi connectivity index (χ0) is 16.3. The molecule has 0 radical (unpaired) electrons. The highest BCUT2D eigenvalue weighted by Gasteiger charge is 2.40. The van der Waals surface area contributed by atoms with Gasteiger partial charge in [-0.15, -0.1) is 0 Å². The topological polar surface area (TPSA) is 59.4 Å². The molecular weight excluding hydrogens is 288 g/mol. The fourth-order valence-corrected chi connectivity index (χ4v) is 3.81. The molecule has 1 spiro atoms. The minimum absolute atomic E-state index is 0.0875. The first-order valence-corrected chi connectivity index (χ1v) is 8.31. The molecule has 1 N–H and O–H groups in total. The number of hydrogen-bond donors (Lipinski definition) is 1. The predicted molar refractivity (Wildman–Crippen MR) is 88.7 cm³/mol. The third-order valence-corrected chi connectivity index (χ3v) is 5.27. The van der Waals surface area contributed by atoms with Crippen LogP contribution in [0.25, 0.3) is 0 Å². The van der Waals surface area contributed by atoms with Crippen molar-refractivity contribution in [1.29, 1.82) is 5.26 Å². The molecule has 1 atom stereocenters. The van der Waals surface area contributed by atoms with Crippen molar-refractivity contribution in [3.05, 3.63) is 35.4 Å². The SMILES string of the molecule is CN1CCN(Cc2cccc(C#N)c2)C[C@@]12CCNC(=O)CC2. The lowest BCUT2D eigenvalue weighted by Crippen LogP contribution is -2.60. The highest BCUT2D eigenvalue weighted by molar-refractivity contribution is 5.76. The summed E-state index contributed by atoms with van der Waals surface area (Å²) in [5.41, 5.74) is 1.99. The quantitative estimate of drug-likeness (QED) is 0.895. The average Bonchev–Trinajstić information content (AvgIpc) is 2.74. The first kappa shape index (κ1) is 16.0. The normalized spacial score (nSPS) is 26.5. The standard InChI is InChI=1S/C18H24N4O/c1-21-9-10-22(13-16-4-2-3-15(11-16)12-19)14-18(21)6-5-17(23)20-8-7-18/h2-4,11H,5-10,13-14H2,1H3,(H,20,23)/t18-/m1/s1. The Kier molecular flexibility index (Phi) is 4.65. The van der Waals surface area contributed by atoms with E-state index in [-0.39, 0.29) is 11.4 Å². The van der Waals surface area contributed by atoms with Crippen LogP contribution < -0.4 is 5.32 Å². The van der Waals surface area contributed by atoms with Gasteiger partial charge in [0.2, 0.25) is 5.91 Å². The van der Waals surface area contributed by atoms with Crippen LogP contribution in [0.1, 0.15) is 30.4 Å². The number of nitrogens with one attached hydrogen (secondary N) is 1. The minimum Gasteiger partial charge on any atom is -0.356 e. The van der Waals surface area contributed by atoms with Crippen LogP contribution in [-0.4, -0.2) is 54.5 Å². The molecule has 0 aromatic heterocycles. The summed E-state index contributed by atoms with van der Waals surface area (Å²) in [6.07, 6.45) is 2.54. The number of nitriles is 1. The van der Waals surface area contributed by atoms with E-state index in [0.29, 0.717) is 6.42 Å². The van der Waals surface area contributed by atoms with Crippen LogP contribution in [0.3, 0.4) is 0 Å². The second-order valence-electron chi connectivity index (χ2n) is 6.77. The summed E-state index contributed by atoms with van der Waals surface area (Å²) >= 11 is 0. The minimum atomic E-state index is 0.0875. The Balaban J connectivity index is 1.72. The molecule has 122 valence electrons. The van der Waals surface area contributed by atoms with Crippen molar-refractivity contribution in [2.24, 2.45) is 0 Å². The van der Waals surface area contributed by atoms with Crippen LogP contribution >= 0.6 is 0 Å². The molecule has 2 saturated heterocycles. The second-order valence-corrected chi connectivity index (χ2v) is 6.77. The maximum Gasteiger partial charge on any atom is 0.220 e. The lowest BCUT2D eigenvalue weighted by Gasteiger charge is -2.49. The van der Waals surface area contributed by atoms with Crippen LogP contribution in [-0.2, 0) is 11.3 Å². The van der Waals surface area contributed by atoms with E-state index in [9.17, 15) is 4.79 Å². The predicted octanol–water partition coefficient (Wildman–Crippen LogP) is 1.34. The second kappa shape index (κ2) is 6.69. The Morgan fingerprint density at radius 1 is 1.35 bits per heavy atom. The molecule has 0 aliphatic carbocycles. The molecule has 0 bridgehead atoms. The molecule has 2 aliphatic heterocycles. The summed E-state index contributed by atoms with van der Waals surface area (Å²) in [6.45, 7) is 4.66. The van der Waals surface area contributed by atoms with E-state index in [1.54, 1.807) is 0 Å². The van der Waals surface area contributed by atoms with E-state index in [4.69, 9.17) is 5.26 Å². The number of hydrogen-bond acceptors (Lipinski definition) is 4. The molecule has 1 amide bonds. The summed E-state index contributed by atoms with van der Waals surface area (Å²) in [4.78, 5) is 16.6. The summed E-state index contributed by atoms with van der Waals surface area (Å²) in [5, 5.41) is 12.0. The fourth-order valence-electron chi connectivity index (χ4n) is 3.81. The van der Waals surface area contributed by atoms with Gasteiger partial charge >= 0.3 is 0 Å². The molecule has 1 aromatic rings. The Labute approximate surface area is 137 Å². The Bertz CT molecular complexity index is 624. The first-order valence-electron chi connectivity index (χ1n) is 8.31. The number of likely N-dealkylation sites (N-methyl/N-ethyl adjacent to an activating group) is 1. The highest BCUT2D eigenvalue weighted by Crippen LogP contribution is 2.31. The van der Waals surface area contributed by atoms with Gasteiger partial charge in [-0.1, -0.05) is 12.1 Å². The molecule has 5 heteroatoms. The van der Waals surface area contributed by atoms with Crippen LogP contribution in [0.2, 0.25) is 0 Å². The molecule has 0 unspecified atom stereocenters. The average molecular weight is 312 g/mol. The van der Waals surface area contributed by atoms with Gasteiger partial charge in [-0.2, -0.15) is 5.26 Å². The summed E-state index contributed by atoms with van der Waals surface area (Å²) in [7, 11) is 2.18. The molecular formula is C18H24N4O. The smallest absolute Gasteiger partial charge is 0.220 e. The Hall–Kier alpha value is -1.90. The zero-order valence-electron chi connectivity index (χ0n) is 13.7. The number of piperazine rings is 1. The maximum absolute atomic E-state index is 11.7. The first-order chi connectivity index (χ1) is 11.1. The van der Waals surface area contributed by atoms with Gasteiger partial charge in [0, 0.05) is 44.7 Å². The van der Waals surface area contributed by atoms with E-state index in [1.165, 1.54) is 5.56 Å². The molecule has 1 aromatic carbocycles. The van der Waals surface area contributed by atoms with Crippen molar-refractivity contribution in [2.45, 2.75) is 31.3 Å². The van der Waals surface area contributed by atoms with Crippen molar-refractivity contribution >= 4 is 5.91 Å². The molecule has 3 rings (SSSR count). The molecule has 5 nitrogen and oxygen atoms in total. The van der Waals surface area contributed by atoms with Crippen LogP contribution in [0, 0.1) is 11.3 Å². The van der Waals surface area contributed by atoms with Gasteiger partial charge in [-0.05, 0) is 37.6 Å². The van der Waals surface area contributed by atoms with E-state index < -0.39 is 0 Å². The highest BCUT2D eigenvalue weighted by atomic mass is 16.1. The lowest BCUT2D eigenvalue weighted by molar-refractivity contribution is -0.121. The molecule has 2 aliphatic rings. The third-order valence-electron chi connectivity index (χ3n) is 5.27. The third kappa shape index (κ3) is 3.54. The summed E-state index contributed by atoms with van der Waals surface area (Å²) < 4.78 is 0. The number of rotatable bonds is 2. The molecule has 2 fully saturated rings. The number of benzene rings is 1. The van der Waals surface area contributed by atoms with E-state index in [0.717, 1.165) is 51.1 Å². The van der Waals surface area contributed by atoms with E-state index >= 15 is 0 Å². The van der Waals surface area contributed by atoms with Crippen molar-refractivity contribution in [1.82, 2.24) is 15.1 Å². The largest absolute Gasteiger partial charge is 0.356 e. The Morgan fingerprint density at radius 3 is 3.04 bits per heavy atom. The number of carbonyl (C=O) groups is 1. The van der Waals surface area contributed by atoms with Gasteiger partial charge in [0.25, 0.3) is 0 Å². The zero-order valence-corrected chi connectivity index (χ0v) is 13.7. The number of nitrogens with zero attached hydrogens (tertiary/aromatic N) is 3. The summed E-state index contributed by atoms with van der Waals surface area (Å²) in [5.74, 6) is 0.175. The van der Waals surface area contributed by atoms with Gasteiger partial charge in [0.15, 0.2) is 0 Å². The summed E-state index contributed by atoms with van der Waals surface area (Å²) in [6, 6.07) is 10.1. The van der Waals surface area contributed by atoms with Crippen LogP contribution in [0.5, 0.6) is 0 Å². The molecule has 2 heterocycles. The van der Waals surface area contributed by atoms with Gasteiger partial charge in [0.05, 0.1) is 11.6 Å². The lowest BCUT2D eigenvalue weighted by atomic mass is 9.86. The van der Waals surface area contributed by atoms with Crippen molar-refractivity contribution in [2.75, 3.05) is 33.2 Å². The van der Waals surface area contributed by atoms with Gasteiger partial charge in [-0.25, -0.2) is 0 Å². The fraction of sp³-hybridized carbons (Fsp3) is 0.556. The van der Waals surface area contributed by atoms with Crippen molar-refractivity contribution < 1.29 is 4.79 Å². The van der Waals surface area contributed by atoms with Crippen molar-refractivity contribution in [3.8, 4) is 6.07 Å². The van der Waals surface area contributed by atoms with E-state index in [1.807, 2.05) is 18.2 Å². The van der Waals surface area contributed by atoms with E-state index in [2.05, 4.69) is 34.3 Å². The van der Waals surface area contributed by atoms with Crippen LogP contribution in [0.4, 0.5) is 0 Å². The maximum atomic E-state index is 11.7. The monoisotopic (exact) mass is 312 g/mol. The molecule has 23 heavy (non-hydrogen) atoms. The van der Waals surface area contributed by atoms with Gasteiger partial charge in [0.1, 0.15) is 0 Å².